The quantitative estimate of drug-likeness (QED) is 0.878. The van der Waals surface area contributed by atoms with Crippen molar-refractivity contribution in [3.8, 4) is 0 Å². The van der Waals surface area contributed by atoms with Crippen molar-refractivity contribution in [3.05, 3.63) is 35.1 Å². The third kappa shape index (κ3) is 3.73. The van der Waals surface area contributed by atoms with Crippen molar-refractivity contribution in [1.82, 2.24) is 4.90 Å². The predicted molar refractivity (Wildman–Crippen MR) is 60.1 cm³/mol. The smallest absolute Gasteiger partial charge is 0.255 e. The van der Waals surface area contributed by atoms with Crippen LogP contribution in [0.2, 0.25) is 0 Å². The molecule has 0 aliphatic carbocycles. The highest BCUT2D eigenvalue weighted by molar-refractivity contribution is 5.94. The molecule has 0 atom stereocenters. The maximum atomic E-state index is 13.3. The molecule has 0 fully saturated rings. The van der Waals surface area contributed by atoms with E-state index in [-0.39, 0.29) is 12.1 Å². The van der Waals surface area contributed by atoms with Gasteiger partial charge >= 0.3 is 0 Å². The Hall–Kier alpha value is -1.56. The Labute approximate surface area is 103 Å². The molecule has 1 amide bonds. The van der Waals surface area contributed by atoms with Crippen LogP contribution >= 0.6 is 0 Å². The predicted octanol–water partition coefficient (Wildman–Crippen LogP) is 1.83. The molecular weight excluding hydrogens is 247 g/mol. The van der Waals surface area contributed by atoms with Crippen molar-refractivity contribution in [2.75, 3.05) is 19.7 Å². The third-order valence-corrected chi connectivity index (χ3v) is 2.43. The van der Waals surface area contributed by atoms with Gasteiger partial charge in [-0.25, -0.2) is 13.2 Å². The summed E-state index contributed by atoms with van der Waals surface area (Å²) in [5, 5.41) is 8.73. The number of hydrogen-bond acceptors (Lipinski definition) is 2. The number of aryl methyl sites for hydroxylation is 1. The lowest BCUT2D eigenvalue weighted by atomic mass is 10.1. The van der Waals surface area contributed by atoms with Gasteiger partial charge in [-0.05, 0) is 24.6 Å². The number of amides is 1. The fraction of sp³-hybridized carbons (Fsp3) is 0.417. The molecule has 0 saturated heterocycles. The van der Waals surface area contributed by atoms with Crippen LogP contribution in [0, 0.1) is 12.7 Å². The van der Waals surface area contributed by atoms with E-state index in [2.05, 4.69) is 0 Å². The number of carbonyl (C=O) groups is 1. The number of hydrogen-bond donors (Lipinski definition) is 1. The molecule has 6 heteroatoms. The average molecular weight is 261 g/mol. The van der Waals surface area contributed by atoms with Crippen LogP contribution in [0.4, 0.5) is 13.2 Å². The first-order valence-corrected chi connectivity index (χ1v) is 5.40. The number of rotatable bonds is 5. The van der Waals surface area contributed by atoms with Crippen LogP contribution in [0.1, 0.15) is 15.9 Å². The highest BCUT2D eigenvalue weighted by Crippen LogP contribution is 2.12. The maximum absolute atomic E-state index is 13.3. The molecule has 0 heterocycles. The van der Waals surface area contributed by atoms with E-state index < -0.39 is 31.3 Å². The van der Waals surface area contributed by atoms with Crippen LogP contribution in [0.3, 0.4) is 0 Å². The van der Waals surface area contributed by atoms with E-state index in [0.717, 1.165) is 11.0 Å². The molecule has 1 N–H and O–H groups in total. The SMILES string of the molecule is Cc1ccc(C(=O)N(CCO)CC(F)F)cc1F. The monoisotopic (exact) mass is 261 g/mol. The fourth-order valence-corrected chi connectivity index (χ4v) is 1.47. The van der Waals surface area contributed by atoms with Gasteiger partial charge < -0.3 is 10.0 Å². The zero-order valence-electron chi connectivity index (χ0n) is 9.87. The topological polar surface area (TPSA) is 40.5 Å². The Kier molecular flexibility index (Phi) is 5.15. The molecule has 0 aliphatic rings. The van der Waals surface area contributed by atoms with Crippen molar-refractivity contribution in [3.63, 3.8) is 0 Å². The summed E-state index contributed by atoms with van der Waals surface area (Å²) in [6.45, 7) is 0.120. The summed E-state index contributed by atoms with van der Waals surface area (Å²) in [5.41, 5.74) is 0.362. The van der Waals surface area contributed by atoms with Crippen molar-refractivity contribution in [2.45, 2.75) is 13.3 Å². The molecule has 0 radical (unpaired) electrons. The molecular formula is C12H14F3NO2. The first-order chi connectivity index (χ1) is 8.45. The van der Waals surface area contributed by atoms with Crippen molar-refractivity contribution in [2.24, 2.45) is 0 Å². The summed E-state index contributed by atoms with van der Waals surface area (Å²) in [6, 6.07) is 3.78. The van der Waals surface area contributed by atoms with Gasteiger partial charge in [-0.15, -0.1) is 0 Å². The number of nitrogens with zero attached hydrogens (tertiary/aromatic N) is 1. The van der Waals surface area contributed by atoms with E-state index in [1.807, 2.05) is 0 Å². The highest BCUT2D eigenvalue weighted by Gasteiger charge is 2.19. The molecule has 100 valence electrons. The first kappa shape index (κ1) is 14.5. The Morgan fingerprint density at radius 1 is 1.44 bits per heavy atom. The number of alkyl halides is 2. The van der Waals surface area contributed by atoms with Gasteiger partial charge in [-0.2, -0.15) is 0 Å². The van der Waals surface area contributed by atoms with E-state index in [1.165, 1.54) is 19.1 Å². The van der Waals surface area contributed by atoms with Gasteiger partial charge in [0.25, 0.3) is 12.3 Å². The number of benzene rings is 1. The Balaban J connectivity index is 2.90. The van der Waals surface area contributed by atoms with Crippen LogP contribution in [0.5, 0.6) is 0 Å². The third-order valence-electron chi connectivity index (χ3n) is 2.43. The van der Waals surface area contributed by atoms with Crippen molar-refractivity contribution < 1.29 is 23.1 Å². The number of halogens is 3. The lowest BCUT2D eigenvalue weighted by Gasteiger charge is -2.21. The summed E-state index contributed by atoms with van der Waals surface area (Å²) in [5.74, 6) is -1.29. The minimum absolute atomic E-state index is 0.00722. The van der Waals surface area contributed by atoms with Crippen LogP contribution in [0.15, 0.2) is 18.2 Å². The van der Waals surface area contributed by atoms with Crippen LogP contribution in [-0.2, 0) is 0 Å². The van der Waals surface area contributed by atoms with E-state index in [1.54, 1.807) is 0 Å². The maximum Gasteiger partial charge on any atom is 0.255 e. The Bertz CT molecular complexity index is 424. The van der Waals surface area contributed by atoms with Gasteiger partial charge in [0.1, 0.15) is 5.82 Å². The molecule has 3 nitrogen and oxygen atoms in total. The zero-order chi connectivity index (χ0) is 13.7. The van der Waals surface area contributed by atoms with Crippen molar-refractivity contribution >= 4 is 5.91 Å². The van der Waals surface area contributed by atoms with E-state index in [9.17, 15) is 18.0 Å². The lowest BCUT2D eigenvalue weighted by Crippen LogP contribution is -2.37. The normalized spacial score (nSPS) is 10.8. The lowest BCUT2D eigenvalue weighted by molar-refractivity contribution is 0.0509. The first-order valence-electron chi connectivity index (χ1n) is 5.40. The molecule has 1 aromatic rings. The summed E-state index contributed by atoms with van der Waals surface area (Å²) < 4.78 is 37.8. The van der Waals surface area contributed by atoms with Gasteiger partial charge in [-0.3, -0.25) is 4.79 Å². The van der Waals surface area contributed by atoms with E-state index in [0.29, 0.717) is 5.56 Å². The minimum Gasteiger partial charge on any atom is -0.395 e. The second-order valence-corrected chi connectivity index (χ2v) is 3.83. The summed E-state index contributed by atoms with van der Waals surface area (Å²) in [7, 11) is 0. The summed E-state index contributed by atoms with van der Waals surface area (Å²) >= 11 is 0. The molecule has 0 aromatic heterocycles. The fourth-order valence-electron chi connectivity index (χ4n) is 1.47. The molecule has 0 saturated carbocycles. The average Bonchev–Trinajstić information content (AvgIpc) is 2.31. The van der Waals surface area contributed by atoms with E-state index in [4.69, 9.17) is 5.11 Å². The minimum atomic E-state index is -2.70. The number of aliphatic hydroxyl groups excluding tert-OH is 1. The molecule has 0 bridgehead atoms. The van der Waals surface area contributed by atoms with Gasteiger partial charge in [0, 0.05) is 12.1 Å². The molecule has 1 rings (SSSR count). The molecule has 0 unspecified atom stereocenters. The summed E-state index contributed by atoms with van der Waals surface area (Å²) in [6.07, 6.45) is -2.70. The van der Waals surface area contributed by atoms with E-state index >= 15 is 0 Å². The van der Waals surface area contributed by atoms with Gasteiger partial charge in [0.15, 0.2) is 0 Å². The molecule has 0 aliphatic heterocycles. The standard InChI is InChI=1S/C12H14F3NO2/c1-8-2-3-9(6-10(8)13)12(18)16(4-5-17)7-11(14)15/h2-3,6,11,17H,4-5,7H2,1H3. The summed E-state index contributed by atoms with van der Waals surface area (Å²) in [4.78, 5) is 12.6. The second kappa shape index (κ2) is 6.39. The Morgan fingerprint density at radius 3 is 2.61 bits per heavy atom. The number of carbonyl (C=O) groups excluding carboxylic acids is 1. The van der Waals surface area contributed by atoms with Crippen LogP contribution < -0.4 is 0 Å². The molecule has 0 spiro atoms. The van der Waals surface area contributed by atoms with Gasteiger partial charge in [0.05, 0.1) is 13.2 Å². The molecule has 1 aromatic carbocycles. The largest absolute Gasteiger partial charge is 0.395 e. The van der Waals surface area contributed by atoms with Gasteiger partial charge in [-0.1, -0.05) is 6.07 Å². The Morgan fingerprint density at radius 2 is 2.11 bits per heavy atom. The number of aliphatic hydroxyl groups is 1. The van der Waals surface area contributed by atoms with Crippen LogP contribution in [0.25, 0.3) is 0 Å². The highest BCUT2D eigenvalue weighted by atomic mass is 19.3. The van der Waals surface area contributed by atoms with Crippen molar-refractivity contribution in [1.29, 1.82) is 0 Å². The van der Waals surface area contributed by atoms with Crippen LogP contribution in [-0.4, -0.2) is 42.0 Å². The van der Waals surface area contributed by atoms with Gasteiger partial charge in [0.2, 0.25) is 0 Å². The second-order valence-electron chi connectivity index (χ2n) is 3.83. The zero-order valence-corrected chi connectivity index (χ0v) is 9.87. The molecule has 18 heavy (non-hydrogen) atoms.